The van der Waals surface area contributed by atoms with Crippen molar-refractivity contribution in [1.29, 1.82) is 0 Å². The van der Waals surface area contributed by atoms with Crippen LogP contribution < -0.4 is 15.6 Å². The van der Waals surface area contributed by atoms with Gasteiger partial charge in [0, 0.05) is 18.7 Å². The first-order valence-corrected chi connectivity index (χ1v) is 9.14. The Bertz CT molecular complexity index is 977. The average Bonchev–Trinajstić information content (AvgIpc) is 2.62. The van der Waals surface area contributed by atoms with Gasteiger partial charge in [-0.1, -0.05) is 29.3 Å². The first-order valence-electron chi connectivity index (χ1n) is 9.14. The molecule has 3 rings (SSSR count). The summed E-state index contributed by atoms with van der Waals surface area (Å²) in [7, 11) is 0. The number of pyridine rings is 1. The fourth-order valence-electron chi connectivity index (χ4n) is 3.12. The lowest BCUT2D eigenvalue weighted by atomic mass is 10.1. The number of nitrogens with one attached hydrogen (secondary N) is 2. The van der Waals surface area contributed by atoms with E-state index >= 15 is 0 Å². The van der Waals surface area contributed by atoms with Gasteiger partial charge in [-0.25, -0.2) is 0 Å². The molecule has 3 aromatic rings. The zero-order valence-corrected chi connectivity index (χ0v) is 16.0. The number of aryl methyl sites for hydroxylation is 3. The maximum Gasteiger partial charge on any atom is 0.252 e. The van der Waals surface area contributed by atoms with Crippen LogP contribution in [0.5, 0.6) is 5.75 Å². The molecule has 27 heavy (non-hydrogen) atoms. The first-order chi connectivity index (χ1) is 12.9. The predicted molar refractivity (Wildman–Crippen MR) is 108 cm³/mol. The van der Waals surface area contributed by atoms with Crippen molar-refractivity contribution in [2.75, 3.05) is 13.2 Å². The van der Waals surface area contributed by atoms with E-state index in [1.54, 1.807) is 0 Å². The molecule has 2 aromatic carbocycles. The summed E-state index contributed by atoms with van der Waals surface area (Å²) in [5.74, 6) is 0.733. The topological polar surface area (TPSA) is 74.3 Å². The van der Waals surface area contributed by atoms with Crippen molar-refractivity contribution < 1.29 is 9.84 Å². The molecule has 0 aliphatic heterocycles. The Kier molecular flexibility index (Phi) is 5.94. The van der Waals surface area contributed by atoms with Crippen molar-refractivity contribution >= 4 is 10.9 Å². The van der Waals surface area contributed by atoms with Crippen molar-refractivity contribution in [3.8, 4) is 5.75 Å². The summed E-state index contributed by atoms with van der Waals surface area (Å²) in [4.78, 5) is 15.3. The summed E-state index contributed by atoms with van der Waals surface area (Å²) in [5, 5.41) is 14.2. The number of aromatic nitrogens is 1. The van der Waals surface area contributed by atoms with Crippen LogP contribution in [0.3, 0.4) is 0 Å². The third-order valence-electron chi connectivity index (χ3n) is 4.53. The van der Waals surface area contributed by atoms with Crippen LogP contribution >= 0.6 is 0 Å². The summed E-state index contributed by atoms with van der Waals surface area (Å²) in [6.07, 6.45) is -0.657. The van der Waals surface area contributed by atoms with E-state index in [2.05, 4.69) is 22.4 Å². The number of rotatable bonds is 7. The molecule has 0 aliphatic rings. The molecule has 0 fully saturated rings. The van der Waals surface area contributed by atoms with Gasteiger partial charge in [-0.05, 0) is 56.0 Å². The van der Waals surface area contributed by atoms with Gasteiger partial charge >= 0.3 is 0 Å². The number of aliphatic hydroxyl groups excluding tert-OH is 1. The molecular formula is C22H26N2O3. The number of hydrogen-bond acceptors (Lipinski definition) is 4. The molecule has 1 aromatic heterocycles. The molecule has 0 amide bonds. The molecular weight excluding hydrogens is 340 g/mol. The molecule has 1 atom stereocenters. The van der Waals surface area contributed by atoms with Crippen LogP contribution in [-0.2, 0) is 6.54 Å². The predicted octanol–water partition coefficient (Wildman–Crippen LogP) is 2.98. The summed E-state index contributed by atoms with van der Waals surface area (Å²) in [6.45, 7) is 6.98. The number of ether oxygens (including phenoxy) is 1. The van der Waals surface area contributed by atoms with Crippen molar-refractivity contribution in [3.05, 3.63) is 75.1 Å². The fraction of sp³-hybridized carbons (Fsp3) is 0.318. The van der Waals surface area contributed by atoms with E-state index in [4.69, 9.17) is 4.74 Å². The Morgan fingerprint density at radius 1 is 1.07 bits per heavy atom. The standard InChI is InChI=1S/C22H26N2O3/c1-14-4-6-20(7-5-14)27-13-19(25)12-23-11-18-10-17-9-15(2)8-16(3)21(17)24-22(18)26/h4-10,19,23,25H,11-13H2,1-3H3,(H,24,26)/t19-/m1/s1. The van der Waals surface area contributed by atoms with Crippen molar-refractivity contribution in [3.63, 3.8) is 0 Å². The van der Waals surface area contributed by atoms with E-state index in [0.29, 0.717) is 18.7 Å². The van der Waals surface area contributed by atoms with E-state index in [-0.39, 0.29) is 12.2 Å². The lowest BCUT2D eigenvalue weighted by molar-refractivity contribution is 0.106. The second-order valence-corrected chi connectivity index (χ2v) is 7.08. The number of aromatic amines is 1. The number of benzene rings is 2. The summed E-state index contributed by atoms with van der Waals surface area (Å²) >= 11 is 0. The first kappa shape index (κ1) is 19.1. The minimum absolute atomic E-state index is 0.104. The lowest BCUT2D eigenvalue weighted by Crippen LogP contribution is -2.32. The van der Waals surface area contributed by atoms with Crippen LogP contribution in [0.4, 0.5) is 0 Å². The smallest absolute Gasteiger partial charge is 0.252 e. The quantitative estimate of drug-likeness (QED) is 0.601. The van der Waals surface area contributed by atoms with E-state index in [9.17, 15) is 9.90 Å². The minimum Gasteiger partial charge on any atom is -0.491 e. The SMILES string of the molecule is Cc1ccc(OC[C@H](O)CNCc2cc3cc(C)cc(C)c3[nH]c2=O)cc1. The van der Waals surface area contributed by atoms with Crippen molar-refractivity contribution in [2.45, 2.75) is 33.4 Å². The molecule has 0 bridgehead atoms. The van der Waals surface area contributed by atoms with E-state index in [0.717, 1.165) is 33.3 Å². The molecule has 5 nitrogen and oxygen atoms in total. The third kappa shape index (κ3) is 4.96. The minimum atomic E-state index is -0.657. The second-order valence-electron chi connectivity index (χ2n) is 7.08. The molecule has 0 saturated carbocycles. The van der Waals surface area contributed by atoms with E-state index in [1.807, 2.05) is 51.1 Å². The number of hydrogen-bond donors (Lipinski definition) is 3. The molecule has 0 spiro atoms. The normalized spacial score (nSPS) is 12.3. The Morgan fingerprint density at radius 3 is 2.56 bits per heavy atom. The maximum absolute atomic E-state index is 12.3. The third-order valence-corrected chi connectivity index (χ3v) is 4.53. The molecule has 1 heterocycles. The highest BCUT2D eigenvalue weighted by Gasteiger charge is 2.08. The van der Waals surface area contributed by atoms with Crippen LogP contribution in [0.1, 0.15) is 22.3 Å². The van der Waals surface area contributed by atoms with Gasteiger partial charge in [0.1, 0.15) is 18.5 Å². The van der Waals surface area contributed by atoms with Crippen LogP contribution in [0, 0.1) is 20.8 Å². The number of H-pyrrole nitrogens is 1. The number of fused-ring (bicyclic) bond motifs is 1. The summed E-state index contributed by atoms with van der Waals surface area (Å²) < 4.78 is 5.58. The van der Waals surface area contributed by atoms with Gasteiger partial charge in [0.2, 0.25) is 0 Å². The molecule has 0 aliphatic carbocycles. The maximum atomic E-state index is 12.3. The van der Waals surface area contributed by atoms with Gasteiger partial charge in [0.15, 0.2) is 0 Å². The monoisotopic (exact) mass is 366 g/mol. The van der Waals surface area contributed by atoms with Crippen molar-refractivity contribution in [1.82, 2.24) is 10.3 Å². The van der Waals surface area contributed by atoms with E-state index in [1.165, 1.54) is 0 Å². The van der Waals surface area contributed by atoms with Crippen LogP contribution in [0.25, 0.3) is 10.9 Å². The zero-order valence-electron chi connectivity index (χ0n) is 16.0. The van der Waals surface area contributed by atoms with Gasteiger partial charge in [-0.2, -0.15) is 0 Å². The van der Waals surface area contributed by atoms with Crippen LogP contribution in [0.2, 0.25) is 0 Å². The Balaban J connectivity index is 1.56. The largest absolute Gasteiger partial charge is 0.491 e. The summed E-state index contributed by atoms with van der Waals surface area (Å²) in [6, 6.07) is 13.7. The lowest BCUT2D eigenvalue weighted by Gasteiger charge is -2.13. The highest BCUT2D eigenvalue weighted by atomic mass is 16.5. The Labute approximate surface area is 159 Å². The fourth-order valence-corrected chi connectivity index (χ4v) is 3.12. The Morgan fingerprint density at radius 2 is 1.81 bits per heavy atom. The molecule has 5 heteroatoms. The van der Waals surface area contributed by atoms with Gasteiger partial charge in [0.25, 0.3) is 5.56 Å². The van der Waals surface area contributed by atoms with Crippen LogP contribution in [0.15, 0.2) is 47.3 Å². The second kappa shape index (κ2) is 8.37. The van der Waals surface area contributed by atoms with Gasteiger partial charge < -0.3 is 20.1 Å². The van der Waals surface area contributed by atoms with Gasteiger partial charge in [-0.3, -0.25) is 4.79 Å². The molecule has 0 saturated heterocycles. The molecule has 0 unspecified atom stereocenters. The summed E-state index contributed by atoms with van der Waals surface area (Å²) in [5.41, 5.74) is 4.81. The van der Waals surface area contributed by atoms with Crippen LogP contribution in [-0.4, -0.2) is 29.3 Å². The Hall–Kier alpha value is -2.63. The molecule has 0 radical (unpaired) electrons. The highest BCUT2D eigenvalue weighted by molar-refractivity contribution is 5.82. The van der Waals surface area contributed by atoms with Crippen molar-refractivity contribution in [2.24, 2.45) is 0 Å². The molecule has 3 N–H and O–H groups in total. The molecule has 142 valence electrons. The van der Waals surface area contributed by atoms with Gasteiger partial charge in [0.05, 0.1) is 5.52 Å². The zero-order chi connectivity index (χ0) is 19.4. The van der Waals surface area contributed by atoms with E-state index < -0.39 is 6.10 Å². The van der Waals surface area contributed by atoms with Gasteiger partial charge in [-0.15, -0.1) is 0 Å². The average molecular weight is 366 g/mol. The number of aliphatic hydroxyl groups is 1. The highest BCUT2D eigenvalue weighted by Crippen LogP contribution is 2.18.